The van der Waals surface area contributed by atoms with Gasteiger partial charge in [-0.3, -0.25) is 4.98 Å². The predicted molar refractivity (Wildman–Crippen MR) is 52.8 cm³/mol. The summed E-state index contributed by atoms with van der Waals surface area (Å²) in [4.78, 5) is 7.75. The zero-order valence-corrected chi connectivity index (χ0v) is 7.93. The van der Waals surface area contributed by atoms with Crippen molar-refractivity contribution in [2.24, 2.45) is 0 Å². The Balaban J connectivity index is 2.03. The fourth-order valence-electron chi connectivity index (χ4n) is 1.13. The van der Waals surface area contributed by atoms with Gasteiger partial charge < -0.3 is 4.74 Å². The van der Waals surface area contributed by atoms with Crippen LogP contribution in [0.15, 0.2) is 42.9 Å². The molecule has 76 valence electrons. The Bertz CT molecular complexity index is 434. The summed E-state index contributed by atoms with van der Waals surface area (Å²) >= 11 is 0. The van der Waals surface area contributed by atoms with E-state index in [4.69, 9.17) is 4.74 Å². The molecule has 3 nitrogen and oxygen atoms in total. The van der Waals surface area contributed by atoms with Crippen LogP contribution in [0, 0.1) is 5.82 Å². The van der Waals surface area contributed by atoms with Crippen LogP contribution < -0.4 is 4.74 Å². The van der Waals surface area contributed by atoms with Gasteiger partial charge in [0.05, 0.1) is 6.20 Å². The molecule has 0 unspecified atom stereocenters. The Morgan fingerprint density at radius 2 is 2.07 bits per heavy atom. The van der Waals surface area contributed by atoms with E-state index in [1.54, 1.807) is 24.4 Å². The standard InChI is InChI=1S/C11H9FN2O/c12-10-4-2-1-3-9(10)8-15-11-7-13-5-6-14-11/h1-7H,8H2. The lowest BCUT2D eigenvalue weighted by atomic mass is 10.2. The number of hydrogen-bond donors (Lipinski definition) is 0. The van der Waals surface area contributed by atoms with Crippen molar-refractivity contribution in [1.82, 2.24) is 9.97 Å². The van der Waals surface area contributed by atoms with Crippen LogP contribution in [0.5, 0.6) is 5.88 Å². The first-order valence-corrected chi connectivity index (χ1v) is 4.48. The Kier molecular flexibility index (Phi) is 2.88. The lowest BCUT2D eigenvalue weighted by molar-refractivity contribution is 0.286. The van der Waals surface area contributed by atoms with Crippen molar-refractivity contribution in [3.8, 4) is 5.88 Å². The monoisotopic (exact) mass is 204 g/mol. The maximum atomic E-state index is 13.2. The first-order valence-electron chi connectivity index (χ1n) is 4.48. The zero-order valence-electron chi connectivity index (χ0n) is 7.93. The number of ether oxygens (including phenoxy) is 1. The Hall–Kier alpha value is -1.97. The van der Waals surface area contributed by atoms with Crippen LogP contribution in [0.2, 0.25) is 0 Å². The predicted octanol–water partition coefficient (Wildman–Crippen LogP) is 2.19. The molecule has 0 spiro atoms. The number of rotatable bonds is 3. The molecule has 15 heavy (non-hydrogen) atoms. The number of halogens is 1. The van der Waals surface area contributed by atoms with Crippen LogP contribution in [0.3, 0.4) is 0 Å². The lowest BCUT2D eigenvalue weighted by Gasteiger charge is -2.04. The van der Waals surface area contributed by atoms with Gasteiger partial charge in [-0.15, -0.1) is 0 Å². The quantitative estimate of drug-likeness (QED) is 0.768. The molecule has 0 aliphatic rings. The second-order valence-corrected chi connectivity index (χ2v) is 2.92. The second-order valence-electron chi connectivity index (χ2n) is 2.92. The van der Waals surface area contributed by atoms with Crippen LogP contribution in [0.25, 0.3) is 0 Å². The molecule has 1 aromatic heterocycles. The number of nitrogens with zero attached hydrogens (tertiary/aromatic N) is 2. The van der Waals surface area contributed by atoms with Crippen molar-refractivity contribution >= 4 is 0 Å². The smallest absolute Gasteiger partial charge is 0.232 e. The van der Waals surface area contributed by atoms with E-state index >= 15 is 0 Å². The van der Waals surface area contributed by atoms with Gasteiger partial charge in [0.1, 0.15) is 12.4 Å². The molecule has 0 saturated heterocycles. The van der Waals surface area contributed by atoms with Crippen molar-refractivity contribution in [1.29, 1.82) is 0 Å². The molecule has 0 bridgehead atoms. The van der Waals surface area contributed by atoms with Crippen molar-refractivity contribution < 1.29 is 9.13 Å². The molecule has 2 rings (SSSR count). The summed E-state index contributed by atoms with van der Waals surface area (Å²) in [6.07, 6.45) is 4.56. The molecular formula is C11H9FN2O. The van der Waals surface area contributed by atoms with Crippen molar-refractivity contribution in [2.45, 2.75) is 6.61 Å². The summed E-state index contributed by atoms with van der Waals surface area (Å²) in [6, 6.07) is 6.47. The molecule has 1 heterocycles. The SMILES string of the molecule is Fc1ccccc1COc1cnccn1. The van der Waals surface area contributed by atoms with Crippen LogP contribution in [0.4, 0.5) is 4.39 Å². The zero-order chi connectivity index (χ0) is 10.5. The molecule has 0 aliphatic carbocycles. The molecule has 0 amide bonds. The van der Waals surface area contributed by atoms with Gasteiger partial charge in [-0.1, -0.05) is 18.2 Å². The highest BCUT2D eigenvalue weighted by Gasteiger charge is 2.01. The molecule has 4 heteroatoms. The molecule has 0 N–H and O–H groups in total. The summed E-state index contributed by atoms with van der Waals surface area (Å²) in [5.74, 6) is 0.113. The highest BCUT2D eigenvalue weighted by Crippen LogP contribution is 2.10. The fraction of sp³-hybridized carbons (Fsp3) is 0.0909. The maximum Gasteiger partial charge on any atom is 0.232 e. The number of benzene rings is 1. The summed E-state index contributed by atoms with van der Waals surface area (Å²) in [7, 11) is 0. The summed E-state index contributed by atoms with van der Waals surface area (Å²) in [5, 5.41) is 0. The third-order valence-corrected chi connectivity index (χ3v) is 1.87. The molecule has 0 fully saturated rings. The minimum atomic E-state index is -0.276. The summed E-state index contributed by atoms with van der Waals surface area (Å²) < 4.78 is 18.4. The van der Waals surface area contributed by atoms with E-state index in [1.165, 1.54) is 18.5 Å². The lowest BCUT2D eigenvalue weighted by Crippen LogP contribution is -1.99. The largest absolute Gasteiger partial charge is 0.472 e. The van der Waals surface area contributed by atoms with E-state index in [0.717, 1.165) is 0 Å². The number of hydrogen-bond acceptors (Lipinski definition) is 3. The van der Waals surface area contributed by atoms with E-state index in [2.05, 4.69) is 9.97 Å². The van der Waals surface area contributed by atoms with E-state index in [9.17, 15) is 4.39 Å². The van der Waals surface area contributed by atoms with Crippen LogP contribution in [-0.2, 0) is 6.61 Å². The second kappa shape index (κ2) is 4.50. The highest BCUT2D eigenvalue weighted by molar-refractivity contribution is 5.17. The molecule has 0 saturated carbocycles. The van der Waals surface area contributed by atoms with E-state index in [0.29, 0.717) is 11.4 Å². The van der Waals surface area contributed by atoms with E-state index in [1.807, 2.05) is 0 Å². The molecule has 2 aromatic rings. The van der Waals surface area contributed by atoms with Gasteiger partial charge in [0, 0.05) is 18.0 Å². The van der Waals surface area contributed by atoms with E-state index < -0.39 is 0 Å². The third kappa shape index (κ3) is 2.49. The Labute approximate surface area is 86.6 Å². The van der Waals surface area contributed by atoms with Gasteiger partial charge in [-0.2, -0.15) is 0 Å². The summed E-state index contributed by atoms with van der Waals surface area (Å²) in [5.41, 5.74) is 0.503. The third-order valence-electron chi connectivity index (χ3n) is 1.87. The Morgan fingerprint density at radius 1 is 1.20 bits per heavy atom. The first kappa shape index (κ1) is 9.58. The summed E-state index contributed by atoms with van der Waals surface area (Å²) in [6.45, 7) is 0.158. The topological polar surface area (TPSA) is 35.0 Å². The van der Waals surface area contributed by atoms with Crippen LogP contribution in [-0.4, -0.2) is 9.97 Å². The highest BCUT2D eigenvalue weighted by atomic mass is 19.1. The molecule has 1 aromatic carbocycles. The van der Waals surface area contributed by atoms with Crippen molar-refractivity contribution in [2.75, 3.05) is 0 Å². The average Bonchev–Trinajstić information content (AvgIpc) is 2.29. The normalized spacial score (nSPS) is 9.93. The first-order chi connectivity index (χ1) is 7.36. The Morgan fingerprint density at radius 3 is 2.80 bits per heavy atom. The van der Waals surface area contributed by atoms with Crippen LogP contribution >= 0.6 is 0 Å². The van der Waals surface area contributed by atoms with Crippen molar-refractivity contribution in [3.63, 3.8) is 0 Å². The minimum Gasteiger partial charge on any atom is -0.472 e. The molecule has 0 radical (unpaired) electrons. The van der Waals surface area contributed by atoms with Crippen molar-refractivity contribution in [3.05, 3.63) is 54.2 Å². The minimum absolute atomic E-state index is 0.158. The number of aromatic nitrogens is 2. The van der Waals surface area contributed by atoms with Gasteiger partial charge in [0.15, 0.2) is 0 Å². The molecule has 0 aliphatic heterocycles. The van der Waals surface area contributed by atoms with Gasteiger partial charge in [-0.25, -0.2) is 9.37 Å². The van der Waals surface area contributed by atoms with Crippen LogP contribution in [0.1, 0.15) is 5.56 Å². The van der Waals surface area contributed by atoms with Gasteiger partial charge in [0.2, 0.25) is 5.88 Å². The van der Waals surface area contributed by atoms with E-state index in [-0.39, 0.29) is 12.4 Å². The molecular weight excluding hydrogens is 195 g/mol. The fourth-order valence-corrected chi connectivity index (χ4v) is 1.13. The van der Waals surface area contributed by atoms with Gasteiger partial charge >= 0.3 is 0 Å². The van der Waals surface area contributed by atoms with Gasteiger partial charge in [-0.05, 0) is 6.07 Å². The maximum absolute atomic E-state index is 13.2. The average molecular weight is 204 g/mol. The molecule has 0 atom stereocenters. The van der Waals surface area contributed by atoms with Gasteiger partial charge in [0.25, 0.3) is 0 Å².